The Morgan fingerprint density at radius 2 is 1.86 bits per heavy atom. The van der Waals surface area contributed by atoms with Gasteiger partial charge in [0.05, 0.1) is 0 Å². The molecule has 0 radical (unpaired) electrons. The minimum absolute atomic E-state index is 0.237. The van der Waals surface area contributed by atoms with Crippen LogP contribution < -0.4 is 5.32 Å². The molecule has 0 aromatic carbocycles. The maximum atomic E-state index is 11.4. The quantitative estimate of drug-likeness (QED) is 0.421. The van der Waals surface area contributed by atoms with Crippen LogP contribution in [0.4, 0.5) is 4.79 Å². The van der Waals surface area contributed by atoms with Crippen molar-refractivity contribution in [2.24, 2.45) is 0 Å². The van der Waals surface area contributed by atoms with Gasteiger partial charge >= 0.3 is 12.1 Å². The molecule has 0 fully saturated rings. The van der Waals surface area contributed by atoms with E-state index in [1.807, 2.05) is 13.8 Å². The van der Waals surface area contributed by atoms with Crippen LogP contribution in [-0.4, -0.2) is 50.5 Å². The summed E-state index contributed by atoms with van der Waals surface area (Å²) in [6.45, 7) is 4.39. The summed E-state index contributed by atoms with van der Waals surface area (Å²) >= 11 is 21.1. The Morgan fingerprint density at radius 1 is 1.33 bits per heavy atom. The van der Waals surface area contributed by atoms with Crippen molar-refractivity contribution in [2.45, 2.75) is 17.6 Å². The predicted molar refractivity (Wildman–Crippen MR) is 86.0 cm³/mol. The standard InChI is InChI=1S/C11H15Cl3N2O4S/c1-3-16(4-2)5-7(9(17)18)8(21)15-10(19)20-6-11(12,13)14/h5H,3-4,6H2,1-2H3,(H,17,18)(H,15,19,21)/b7-5+. The van der Waals surface area contributed by atoms with Crippen molar-refractivity contribution in [1.29, 1.82) is 0 Å². The van der Waals surface area contributed by atoms with Gasteiger partial charge in [0.2, 0.25) is 3.79 Å². The zero-order valence-electron chi connectivity index (χ0n) is 11.4. The van der Waals surface area contributed by atoms with Crippen LogP contribution in [0.25, 0.3) is 0 Å². The van der Waals surface area contributed by atoms with Crippen molar-refractivity contribution in [1.82, 2.24) is 10.2 Å². The van der Waals surface area contributed by atoms with E-state index in [1.54, 1.807) is 4.90 Å². The minimum Gasteiger partial charge on any atom is -0.478 e. The highest BCUT2D eigenvalue weighted by molar-refractivity contribution is 7.80. The molecule has 0 heterocycles. The van der Waals surface area contributed by atoms with Gasteiger partial charge in [-0.3, -0.25) is 5.32 Å². The average molecular weight is 378 g/mol. The van der Waals surface area contributed by atoms with Gasteiger partial charge in [0, 0.05) is 19.3 Å². The van der Waals surface area contributed by atoms with Crippen LogP contribution in [0.2, 0.25) is 0 Å². The van der Waals surface area contributed by atoms with E-state index in [9.17, 15) is 9.59 Å². The molecule has 21 heavy (non-hydrogen) atoms. The second-order valence-corrected chi connectivity index (χ2v) is 6.64. The predicted octanol–water partition coefficient (Wildman–Crippen LogP) is 2.72. The fraction of sp³-hybridized carbons (Fsp3) is 0.545. The van der Waals surface area contributed by atoms with Crippen LogP contribution in [0.5, 0.6) is 0 Å². The van der Waals surface area contributed by atoms with E-state index < -0.39 is 22.5 Å². The maximum Gasteiger partial charge on any atom is 0.412 e. The number of carboxylic acid groups (broad SMARTS) is 1. The Kier molecular flexibility index (Phi) is 8.96. The topological polar surface area (TPSA) is 78.9 Å². The van der Waals surface area contributed by atoms with Gasteiger partial charge in [-0.2, -0.15) is 0 Å². The number of thiocarbonyl (C=S) groups is 1. The summed E-state index contributed by atoms with van der Waals surface area (Å²) in [5, 5.41) is 11.2. The number of amides is 1. The number of alkyl carbamates (subject to hydrolysis) is 1. The van der Waals surface area contributed by atoms with Crippen molar-refractivity contribution in [2.75, 3.05) is 19.7 Å². The lowest BCUT2D eigenvalue weighted by molar-refractivity contribution is -0.132. The second-order valence-electron chi connectivity index (χ2n) is 3.71. The van der Waals surface area contributed by atoms with Gasteiger partial charge in [-0.15, -0.1) is 0 Å². The molecule has 0 aromatic rings. The van der Waals surface area contributed by atoms with E-state index >= 15 is 0 Å². The summed E-state index contributed by atoms with van der Waals surface area (Å²) in [7, 11) is 0. The first-order chi connectivity index (χ1) is 9.60. The van der Waals surface area contributed by atoms with Crippen molar-refractivity contribution in [3.05, 3.63) is 11.8 Å². The van der Waals surface area contributed by atoms with Crippen LogP contribution in [0, 0.1) is 0 Å². The Bertz CT molecular complexity index is 434. The fourth-order valence-electron chi connectivity index (χ4n) is 1.14. The number of rotatable bonds is 6. The van der Waals surface area contributed by atoms with Crippen LogP contribution in [0.3, 0.4) is 0 Å². The smallest absolute Gasteiger partial charge is 0.412 e. The van der Waals surface area contributed by atoms with Crippen molar-refractivity contribution in [3.8, 4) is 0 Å². The van der Waals surface area contributed by atoms with E-state index in [2.05, 4.69) is 10.1 Å². The van der Waals surface area contributed by atoms with Crippen LogP contribution in [0.15, 0.2) is 11.8 Å². The van der Waals surface area contributed by atoms with Gasteiger partial charge in [-0.25, -0.2) is 9.59 Å². The van der Waals surface area contributed by atoms with Gasteiger partial charge < -0.3 is 14.7 Å². The number of alkyl halides is 3. The lowest BCUT2D eigenvalue weighted by Gasteiger charge is -2.17. The number of carbonyl (C=O) groups is 2. The number of hydrogen-bond acceptors (Lipinski definition) is 5. The lowest BCUT2D eigenvalue weighted by atomic mass is 10.2. The van der Waals surface area contributed by atoms with Crippen molar-refractivity contribution >= 4 is 64.1 Å². The third-order valence-electron chi connectivity index (χ3n) is 2.18. The molecule has 0 bridgehead atoms. The molecule has 0 aliphatic rings. The fourth-order valence-corrected chi connectivity index (χ4v) is 1.53. The van der Waals surface area contributed by atoms with E-state index in [1.165, 1.54) is 6.20 Å². The number of carbonyl (C=O) groups excluding carboxylic acids is 1. The van der Waals surface area contributed by atoms with Gasteiger partial charge in [-0.1, -0.05) is 47.0 Å². The molecular weight excluding hydrogens is 363 g/mol. The molecule has 0 atom stereocenters. The lowest BCUT2D eigenvalue weighted by Crippen LogP contribution is -2.35. The zero-order valence-corrected chi connectivity index (χ0v) is 14.4. The van der Waals surface area contributed by atoms with Crippen LogP contribution >= 0.6 is 47.0 Å². The molecular formula is C11H15Cl3N2O4S. The first kappa shape index (κ1) is 20.2. The van der Waals surface area contributed by atoms with Crippen LogP contribution in [0.1, 0.15) is 13.8 Å². The molecule has 1 amide bonds. The first-order valence-corrected chi connectivity index (χ1v) is 7.38. The third-order valence-corrected chi connectivity index (χ3v) is 2.83. The first-order valence-electron chi connectivity index (χ1n) is 5.84. The molecule has 0 saturated carbocycles. The monoisotopic (exact) mass is 376 g/mol. The van der Waals surface area contributed by atoms with Crippen molar-refractivity contribution in [3.63, 3.8) is 0 Å². The van der Waals surface area contributed by atoms with Gasteiger partial charge in [0.15, 0.2) is 0 Å². The molecule has 120 valence electrons. The molecule has 0 aromatic heterocycles. The van der Waals surface area contributed by atoms with E-state index in [0.29, 0.717) is 13.1 Å². The number of nitrogens with one attached hydrogen (secondary N) is 1. The Hall–Kier alpha value is -0.760. The molecule has 0 saturated heterocycles. The maximum absolute atomic E-state index is 11.4. The van der Waals surface area contributed by atoms with Gasteiger partial charge in [-0.05, 0) is 13.8 Å². The third kappa shape index (κ3) is 8.98. The summed E-state index contributed by atoms with van der Waals surface area (Å²) in [6, 6.07) is 0. The summed E-state index contributed by atoms with van der Waals surface area (Å²) in [5.41, 5.74) is -0.237. The molecule has 2 N–H and O–H groups in total. The highest BCUT2D eigenvalue weighted by atomic mass is 35.6. The van der Waals surface area contributed by atoms with Crippen LogP contribution in [-0.2, 0) is 9.53 Å². The highest BCUT2D eigenvalue weighted by Gasteiger charge is 2.23. The Morgan fingerprint density at radius 3 is 2.24 bits per heavy atom. The number of nitrogens with zero attached hydrogens (tertiary/aromatic N) is 1. The number of hydrogen-bond donors (Lipinski definition) is 2. The number of ether oxygens (including phenoxy) is 1. The van der Waals surface area contributed by atoms with E-state index in [0.717, 1.165) is 0 Å². The minimum atomic E-state index is -1.76. The molecule has 0 spiro atoms. The number of halogens is 3. The summed E-state index contributed by atoms with van der Waals surface area (Å²) in [5.74, 6) is -1.27. The Balaban J connectivity index is 4.78. The van der Waals surface area contributed by atoms with Gasteiger partial charge in [0.1, 0.15) is 17.2 Å². The summed E-state index contributed by atoms with van der Waals surface area (Å²) < 4.78 is 2.84. The summed E-state index contributed by atoms with van der Waals surface area (Å²) in [6.07, 6.45) is 0.345. The number of aliphatic carboxylic acids is 1. The highest BCUT2D eigenvalue weighted by Crippen LogP contribution is 2.25. The van der Waals surface area contributed by atoms with Gasteiger partial charge in [0.25, 0.3) is 0 Å². The molecule has 10 heteroatoms. The normalized spacial score (nSPS) is 11.8. The number of carboxylic acids is 1. The molecule has 0 rings (SSSR count). The SMILES string of the molecule is CCN(/C=C(/C(=O)O)C(=S)NC(=O)OCC(Cl)(Cl)Cl)CC. The summed E-state index contributed by atoms with van der Waals surface area (Å²) in [4.78, 5) is 24.0. The molecule has 6 nitrogen and oxygen atoms in total. The largest absolute Gasteiger partial charge is 0.478 e. The molecule has 0 aliphatic heterocycles. The Labute approximate surface area is 143 Å². The molecule has 0 aliphatic carbocycles. The second kappa shape index (κ2) is 9.30. The van der Waals surface area contributed by atoms with Crippen molar-refractivity contribution < 1.29 is 19.4 Å². The zero-order chi connectivity index (χ0) is 16.6. The average Bonchev–Trinajstić information content (AvgIpc) is 2.36. The molecule has 0 unspecified atom stereocenters. The van der Waals surface area contributed by atoms with E-state index in [-0.39, 0.29) is 10.6 Å². The van der Waals surface area contributed by atoms with E-state index in [4.69, 9.17) is 52.1 Å².